The summed E-state index contributed by atoms with van der Waals surface area (Å²) in [7, 11) is 0. The normalized spacial score (nSPS) is 16.5. The van der Waals surface area contributed by atoms with Crippen LogP contribution in [-0.2, 0) is 9.59 Å². The Balaban J connectivity index is 1.40. The predicted octanol–water partition coefficient (Wildman–Crippen LogP) is 2.65. The highest BCUT2D eigenvalue weighted by atomic mass is 16.6. The van der Waals surface area contributed by atoms with E-state index in [-0.39, 0.29) is 18.4 Å². The number of fused-ring (bicyclic) bond motifs is 1. The van der Waals surface area contributed by atoms with Gasteiger partial charge in [-0.15, -0.1) is 0 Å². The van der Waals surface area contributed by atoms with E-state index in [1.165, 1.54) is 0 Å². The lowest BCUT2D eigenvalue weighted by atomic mass is 9.80. The molecule has 3 amide bonds. The summed E-state index contributed by atoms with van der Waals surface area (Å²) in [5, 5.41) is 8.44. The first-order valence-corrected chi connectivity index (χ1v) is 10.9. The van der Waals surface area contributed by atoms with Crippen molar-refractivity contribution in [3.05, 3.63) is 54.1 Å². The van der Waals surface area contributed by atoms with E-state index in [9.17, 15) is 14.4 Å². The number of benzene rings is 2. The first kappa shape index (κ1) is 21.7. The third-order valence-corrected chi connectivity index (χ3v) is 5.77. The third kappa shape index (κ3) is 5.01. The summed E-state index contributed by atoms with van der Waals surface area (Å²) in [6.45, 7) is 0.751. The summed E-state index contributed by atoms with van der Waals surface area (Å²) >= 11 is 0. The largest absolute Gasteiger partial charge is 0.486 e. The van der Waals surface area contributed by atoms with Gasteiger partial charge < -0.3 is 25.4 Å². The second-order valence-corrected chi connectivity index (χ2v) is 8.05. The van der Waals surface area contributed by atoms with Gasteiger partial charge >= 0.3 is 0 Å². The van der Waals surface area contributed by atoms with Gasteiger partial charge in [0.2, 0.25) is 11.8 Å². The molecule has 1 saturated carbocycles. The summed E-state index contributed by atoms with van der Waals surface area (Å²) in [4.78, 5) is 38.1. The molecule has 0 bridgehead atoms. The van der Waals surface area contributed by atoms with Crippen LogP contribution < -0.4 is 25.4 Å². The minimum Gasteiger partial charge on any atom is -0.486 e. The van der Waals surface area contributed by atoms with E-state index in [1.54, 1.807) is 42.5 Å². The number of amides is 3. The monoisotopic (exact) mass is 437 g/mol. The van der Waals surface area contributed by atoms with E-state index in [4.69, 9.17) is 9.47 Å². The Labute approximate surface area is 186 Å². The Morgan fingerprint density at radius 2 is 1.59 bits per heavy atom. The van der Waals surface area contributed by atoms with Gasteiger partial charge in [0, 0.05) is 17.3 Å². The van der Waals surface area contributed by atoms with Gasteiger partial charge in [-0.1, -0.05) is 37.5 Å². The Hall–Kier alpha value is -3.55. The standard InChI is InChI=1S/C24H27N3O5/c28-21(16-25-22(29)17-7-3-1-4-8-17)27-24(11-5-2-6-12-24)23(30)26-18-9-10-19-20(15-18)32-14-13-31-19/h1,3-4,7-10,15H,2,5-6,11-14,16H2,(H,25,29)(H,26,30)(H,27,28). The first-order valence-electron chi connectivity index (χ1n) is 10.9. The number of carbonyl (C=O) groups excluding carboxylic acids is 3. The van der Waals surface area contributed by atoms with E-state index >= 15 is 0 Å². The van der Waals surface area contributed by atoms with Gasteiger partial charge in [0.15, 0.2) is 11.5 Å². The van der Waals surface area contributed by atoms with Gasteiger partial charge in [-0.2, -0.15) is 0 Å². The van der Waals surface area contributed by atoms with E-state index in [0.29, 0.717) is 48.8 Å². The van der Waals surface area contributed by atoms with Gasteiger partial charge in [0.1, 0.15) is 18.8 Å². The number of hydrogen-bond donors (Lipinski definition) is 3. The number of nitrogens with one attached hydrogen (secondary N) is 3. The van der Waals surface area contributed by atoms with Crippen LogP contribution in [0.25, 0.3) is 0 Å². The zero-order valence-electron chi connectivity index (χ0n) is 17.8. The fourth-order valence-electron chi connectivity index (χ4n) is 4.10. The van der Waals surface area contributed by atoms with Crippen molar-refractivity contribution in [2.45, 2.75) is 37.6 Å². The van der Waals surface area contributed by atoms with Crippen molar-refractivity contribution in [2.24, 2.45) is 0 Å². The van der Waals surface area contributed by atoms with Crippen LogP contribution in [0.15, 0.2) is 48.5 Å². The highest BCUT2D eigenvalue weighted by molar-refractivity contribution is 6.02. The lowest BCUT2D eigenvalue weighted by Crippen LogP contribution is -2.59. The van der Waals surface area contributed by atoms with Crippen LogP contribution in [0.1, 0.15) is 42.5 Å². The van der Waals surface area contributed by atoms with Crippen molar-refractivity contribution in [2.75, 3.05) is 25.1 Å². The highest BCUT2D eigenvalue weighted by Gasteiger charge is 2.41. The molecule has 0 aromatic heterocycles. The SMILES string of the molecule is O=C(CNC(=O)c1ccccc1)NC1(C(=O)Nc2ccc3c(c2)OCCO3)CCCCC1. The van der Waals surface area contributed by atoms with Crippen molar-refractivity contribution < 1.29 is 23.9 Å². The van der Waals surface area contributed by atoms with Crippen LogP contribution in [0.5, 0.6) is 11.5 Å². The average molecular weight is 437 g/mol. The van der Waals surface area contributed by atoms with E-state index < -0.39 is 11.4 Å². The quantitative estimate of drug-likeness (QED) is 0.644. The molecular weight excluding hydrogens is 410 g/mol. The van der Waals surface area contributed by atoms with Gasteiger partial charge in [-0.25, -0.2) is 0 Å². The van der Waals surface area contributed by atoms with Crippen molar-refractivity contribution in [1.82, 2.24) is 10.6 Å². The molecule has 32 heavy (non-hydrogen) atoms. The smallest absolute Gasteiger partial charge is 0.251 e. The maximum atomic E-state index is 13.3. The van der Waals surface area contributed by atoms with Crippen LogP contribution in [-0.4, -0.2) is 43.0 Å². The highest BCUT2D eigenvalue weighted by Crippen LogP contribution is 2.34. The second-order valence-electron chi connectivity index (χ2n) is 8.05. The van der Waals surface area contributed by atoms with Crippen molar-refractivity contribution in [3.8, 4) is 11.5 Å². The van der Waals surface area contributed by atoms with Gasteiger partial charge in [-0.3, -0.25) is 14.4 Å². The molecule has 8 nitrogen and oxygen atoms in total. The minimum absolute atomic E-state index is 0.202. The van der Waals surface area contributed by atoms with Crippen LogP contribution in [0.4, 0.5) is 5.69 Å². The zero-order chi connectivity index (χ0) is 22.4. The summed E-state index contributed by atoms with van der Waals surface area (Å²) in [6, 6.07) is 13.9. The Bertz CT molecular complexity index is 986. The molecule has 2 aliphatic rings. The Morgan fingerprint density at radius 3 is 2.34 bits per heavy atom. The molecule has 4 rings (SSSR count). The van der Waals surface area contributed by atoms with Crippen LogP contribution >= 0.6 is 0 Å². The molecule has 0 radical (unpaired) electrons. The van der Waals surface area contributed by atoms with Gasteiger partial charge in [0.25, 0.3) is 5.91 Å². The fourth-order valence-corrected chi connectivity index (χ4v) is 4.10. The molecule has 0 saturated heterocycles. The molecule has 2 aromatic carbocycles. The van der Waals surface area contributed by atoms with Crippen molar-refractivity contribution in [1.29, 1.82) is 0 Å². The lowest BCUT2D eigenvalue weighted by molar-refractivity contribution is -0.131. The van der Waals surface area contributed by atoms with E-state index in [0.717, 1.165) is 19.3 Å². The molecule has 1 aliphatic heterocycles. The molecular formula is C24H27N3O5. The zero-order valence-corrected chi connectivity index (χ0v) is 17.8. The summed E-state index contributed by atoms with van der Waals surface area (Å²) in [5.41, 5.74) is 0.0416. The Morgan fingerprint density at radius 1 is 0.875 bits per heavy atom. The van der Waals surface area contributed by atoms with E-state index in [2.05, 4.69) is 16.0 Å². The minimum atomic E-state index is -1.01. The number of carbonyl (C=O) groups is 3. The van der Waals surface area contributed by atoms with Gasteiger partial charge in [0.05, 0.1) is 6.54 Å². The maximum absolute atomic E-state index is 13.3. The summed E-state index contributed by atoms with van der Waals surface area (Å²) < 4.78 is 11.1. The molecule has 0 unspecified atom stereocenters. The first-order chi connectivity index (χ1) is 15.6. The Kier molecular flexibility index (Phi) is 6.58. The average Bonchev–Trinajstić information content (AvgIpc) is 2.83. The van der Waals surface area contributed by atoms with Crippen LogP contribution in [0.3, 0.4) is 0 Å². The third-order valence-electron chi connectivity index (χ3n) is 5.77. The summed E-state index contributed by atoms with van der Waals surface area (Å²) in [6.07, 6.45) is 3.78. The van der Waals surface area contributed by atoms with Gasteiger partial charge in [-0.05, 0) is 37.1 Å². The maximum Gasteiger partial charge on any atom is 0.251 e. The van der Waals surface area contributed by atoms with Crippen molar-refractivity contribution >= 4 is 23.4 Å². The fraction of sp³-hybridized carbons (Fsp3) is 0.375. The molecule has 2 aromatic rings. The number of hydrogen-bond acceptors (Lipinski definition) is 5. The predicted molar refractivity (Wildman–Crippen MR) is 119 cm³/mol. The molecule has 3 N–H and O–H groups in total. The number of anilines is 1. The molecule has 0 atom stereocenters. The molecule has 1 fully saturated rings. The van der Waals surface area contributed by atoms with E-state index in [1.807, 2.05) is 6.07 Å². The number of rotatable bonds is 6. The second kappa shape index (κ2) is 9.72. The molecule has 1 aliphatic carbocycles. The lowest BCUT2D eigenvalue weighted by Gasteiger charge is -2.36. The topological polar surface area (TPSA) is 106 Å². The van der Waals surface area contributed by atoms with Crippen LogP contribution in [0, 0.1) is 0 Å². The molecule has 168 valence electrons. The molecule has 8 heteroatoms. The number of ether oxygens (including phenoxy) is 2. The summed E-state index contributed by atoms with van der Waals surface area (Å²) in [5.74, 6) is 0.229. The molecule has 1 heterocycles. The van der Waals surface area contributed by atoms with Crippen molar-refractivity contribution in [3.63, 3.8) is 0 Å². The molecule has 0 spiro atoms. The van der Waals surface area contributed by atoms with Crippen LogP contribution in [0.2, 0.25) is 0 Å².